The summed E-state index contributed by atoms with van der Waals surface area (Å²) >= 11 is 0. The largest absolute Gasteiger partial charge is 0.444 e. The number of amides is 7. The Balaban J connectivity index is 0.000000275. The molecule has 0 spiro atoms. The van der Waals surface area contributed by atoms with Crippen molar-refractivity contribution in [1.82, 2.24) is 29.8 Å². The second-order valence-corrected chi connectivity index (χ2v) is 24.4. The Morgan fingerprint density at radius 1 is 0.616 bits per heavy atom. The Hall–Kier alpha value is -7.55. The lowest BCUT2D eigenvalue weighted by Gasteiger charge is -2.45. The maximum absolute atomic E-state index is 14.2. The minimum atomic E-state index is -1.27. The molecule has 6 atom stereocenters. The molecule has 0 unspecified atom stereocenters. The second-order valence-electron chi connectivity index (χ2n) is 24.4. The van der Waals surface area contributed by atoms with E-state index < -0.39 is 101 Å². The SMILES string of the molecule is CCCN(CCC)C(=O)c1cc(C)cc(C(=O)N2C(=O)O[C@H]([C@H]3CCN3C(=O)OC(C)(C)C)[C@@H]2Cc2cc(F)cc(F)c2)c1.CCCN(CCC)C(=O)c1cc(C)cc(C(=O)N[C@@H](Cc2cc(F)cc(F)c2)[C@H](O)[C@H]2CCN2C(=O)OC(C)(C)C)c1. The lowest BCUT2D eigenvalue weighted by molar-refractivity contribution is -0.0486. The number of aliphatic hydroxyl groups excluding tert-OH is 1. The number of likely N-dealkylation sites (tertiary alicyclic amines) is 2. The van der Waals surface area contributed by atoms with Crippen LogP contribution in [0.3, 0.4) is 0 Å². The molecular weight excluding hydrogens is 1120 g/mol. The van der Waals surface area contributed by atoms with Gasteiger partial charge in [-0.25, -0.2) is 36.8 Å². The predicted octanol–water partition coefficient (Wildman–Crippen LogP) is 11.4. The number of cyclic esters (lactones) is 1. The van der Waals surface area contributed by atoms with E-state index in [1.165, 1.54) is 21.9 Å². The second kappa shape index (κ2) is 29.2. The van der Waals surface area contributed by atoms with E-state index in [0.29, 0.717) is 74.4 Å². The highest BCUT2D eigenvalue weighted by molar-refractivity contribution is 6.06. The molecule has 0 aliphatic carbocycles. The maximum atomic E-state index is 14.2. The molecule has 0 radical (unpaired) electrons. The van der Waals surface area contributed by atoms with Gasteiger partial charge in [0.2, 0.25) is 0 Å². The number of benzene rings is 4. The zero-order chi connectivity index (χ0) is 63.5. The van der Waals surface area contributed by atoms with Gasteiger partial charge < -0.3 is 44.2 Å². The van der Waals surface area contributed by atoms with Gasteiger partial charge in [-0.3, -0.25) is 19.2 Å². The van der Waals surface area contributed by atoms with Crippen LogP contribution in [0.5, 0.6) is 0 Å². The number of carbonyl (C=O) groups is 7. The molecule has 3 saturated heterocycles. The summed E-state index contributed by atoms with van der Waals surface area (Å²) in [6, 6.07) is 12.4. The highest BCUT2D eigenvalue weighted by Crippen LogP contribution is 2.36. The van der Waals surface area contributed by atoms with Crippen LogP contribution in [0.1, 0.15) is 171 Å². The van der Waals surface area contributed by atoms with Crippen LogP contribution >= 0.6 is 0 Å². The number of hydrogen-bond acceptors (Lipinski definition) is 11. The van der Waals surface area contributed by atoms with Crippen LogP contribution in [0.2, 0.25) is 0 Å². The van der Waals surface area contributed by atoms with E-state index in [1.807, 2.05) is 27.7 Å². The van der Waals surface area contributed by atoms with Crippen molar-refractivity contribution >= 4 is 41.9 Å². The molecule has 2 N–H and O–H groups in total. The zero-order valence-corrected chi connectivity index (χ0v) is 51.6. The van der Waals surface area contributed by atoms with Crippen LogP contribution in [-0.2, 0) is 27.1 Å². The summed E-state index contributed by atoms with van der Waals surface area (Å²) in [5, 5.41) is 14.2. The highest BCUT2D eigenvalue weighted by Gasteiger charge is 2.54. The minimum absolute atomic E-state index is 0.0986. The summed E-state index contributed by atoms with van der Waals surface area (Å²) in [6.45, 7) is 24.9. The molecule has 3 fully saturated rings. The van der Waals surface area contributed by atoms with Gasteiger partial charge in [0.05, 0.1) is 30.3 Å². The quantitative estimate of drug-likeness (QED) is 0.0631. The van der Waals surface area contributed by atoms with Crippen molar-refractivity contribution in [2.24, 2.45) is 0 Å². The van der Waals surface area contributed by atoms with Crippen LogP contribution < -0.4 is 5.32 Å². The van der Waals surface area contributed by atoms with Crippen molar-refractivity contribution in [2.45, 2.75) is 182 Å². The molecule has 7 rings (SSSR count). The maximum Gasteiger partial charge on any atom is 0.417 e. The monoisotopic (exact) mass is 1200 g/mol. The summed E-state index contributed by atoms with van der Waals surface area (Å²) in [7, 11) is 0. The van der Waals surface area contributed by atoms with Crippen molar-refractivity contribution in [3.63, 3.8) is 0 Å². The van der Waals surface area contributed by atoms with Crippen molar-refractivity contribution in [3.8, 4) is 0 Å². The lowest BCUT2D eigenvalue weighted by atomic mass is 9.89. The number of nitrogens with zero attached hydrogens (tertiary/aromatic N) is 5. The van der Waals surface area contributed by atoms with Crippen LogP contribution in [0.15, 0.2) is 72.8 Å². The average Bonchev–Trinajstić information content (AvgIpc) is 2.09. The number of aliphatic hydroxyl groups is 1. The zero-order valence-electron chi connectivity index (χ0n) is 51.6. The topological polar surface area (TPSA) is 196 Å². The van der Waals surface area contributed by atoms with E-state index in [4.69, 9.17) is 14.2 Å². The molecule has 17 nitrogen and oxygen atoms in total. The van der Waals surface area contributed by atoms with E-state index in [9.17, 15) is 56.2 Å². The number of rotatable bonds is 20. The van der Waals surface area contributed by atoms with Gasteiger partial charge in [0, 0.05) is 73.7 Å². The molecule has 468 valence electrons. The standard InChI is InChI=1S/C33H41F2N3O6.C32H43F2N3O5/c1-7-10-36(11-8-2)29(39)22-13-20(3)14-23(18-22)30(40)38-27(17-21-15-24(34)19-25(35)16-21)28(43-32(38)42)26-9-12-37(26)31(41)44-33(4,5)6;1-7-10-36(11-8-2)30(40)23-14-20(3)13-22(18-23)29(39)35-26(17-21-15-24(33)19-25(34)16-21)28(38)27-9-12-37(27)31(41)42-32(4,5)6/h13-16,18-19,26-28H,7-12,17H2,1-6H3;13-16,18-19,26-28,38H,7-12,17H2,1-6H3,(H,35,39)/t2*26-,27+,28-/m10/s1. The van der Waals surface area contributed by atoms with E-state index >= 15 is 0 Å². The number of ether oxygens (including phenoxy) is 3. The van der Waals surface area contributed by atoms with Gasteiger partial charge in [0.15, 0.2) is 0 Å². The molecule has 0 saturated carbocycles. The van der Waals surface area contributed by atoms with Crippen molar-refractivity contribution in [1.29, 1.82) is 0 Å². The first-order valence-corrected chi connectivity index (χ1v) is 29.7. The third-order valence-corrected chi connectivity index (χ3v) is 14.7. The first-order valence-electron chi connectivity index (χ1n) is 29.7. The molecule has 4 aromatic rings. The summed E-state index contributed by atoms with van der Waals surface area (Å²) in [5.74, 6) is -4.84. The smallest absolute Gasteiger partial charge is 0.417 e. The van der Waals surface area contributed by atoms with Crippen LogP contribution in [0, 0.1) is 37.1 Å². The summed E-state index contributed by atoms with van der Waals surface area (Å²) < 4.78 is 73.1. The number of carbonyl (C=O) groups excluding carboxylic acids is 7. The number of halogens is 4. The van der Waals surface area contributed by atoms with Crippen LogP contribution in [0.4, 0.5) is 31.9 Å². The Labute approximate surface area is 502 Å². The summed E-state index contributed by atoms with van der Waals surface area (Å²) in [6.07, 6.45) is -0.508. The third kappa shape index (κ3) is 17.8. The van der Waals surface area contributed by atoms with E-state index in [-0.39, 0.29) is 46.9 Å². The summed E-state index contributed by atoms with van der Waals surface area (Å²) in [4.78, 5) is 101. The lowest BCUT2D eigenvalue weighted by Crippen LogP contribution is -2.63. The molecule has 3 heterocycles. The van der Waals surface area contributed by atoms with Gasteiger partial charge in [-0.1, -0.05) is 27.7 Å². The van der Waals surface area contributed by atoms with Crippen LogP contribution in [-0.4, -0.2) is 158 Å². The number of hydrogen-bond donors (Lipinski definition) is 2. The van der Waals surface area contributed by atoms with E-state index in [0.717, 1.165) is 67.0 Å². The Bertz CT molecular complexity index is 3060. The fourth-order valence-electron chi connectivity index (χ4n) is 10.9. The molecule has 3 aliphatic rings. The van der Waals surface area contributed by atoms with Gasteiger partial charge in [0.1, 0.15) is 40.6 Å². The summed E-state index contributed by atoms with van der Waals surface area (Å²) in [5.41, 5.74) is 1.32. The molecule has 21 heteroatoms. The highest BCUT2D eigenvalue weighted by atomic mass is 19.1. The number of nitrogens with one attached hydrogen (secondary N) is 1. The number of imide groups is 1. The van der Waals surface area contributed by atoms with Gasteiger partial charge in [-0.15, -0.1) is 0 Å². The van der Waals surface area contributed by atoms with Gasteiger partial charge >= 0.3 is 18.3 Å². The van der Waals surface area contributed by atoms with Crippen molar-refractivity contribution in [2.75, 3.05) is 39.3 Å². The predicted molar refractivity (Wildman–Crippen MR) is 316 cm³/mol. The molecule has 0 bridgehead atoms. The molecule has 3 aliphatic heterocycles. The van der Waals surface area contributed by atoms with E-state index in [1.54, 1.807) is 89.5 Å². The molecule has 4 aromatic carbocycles. The number of aryl methyl sites for hydroxylation is 2. The van der Waals surface area contributed by atoms with Gasteiger partial charge in [-0.2, -0.15) is 0 Å². The van der Waals surface area contributed by atoms with Crippen LogP contribution in [0.25, 0.3) is 0 Å². The van der Waals surface area contributed by atoms with Gasteiger partial charge in [-0.05, 0) is 190 Å². The third-order valence-electron chi connectivity index (χ3n) is 14.7. The fraction of sp³-hybridized carbons (Fsp3) is 0.523. The van der Waals surface area contributed by atoms with E-state index in [2.05, 4.69) is 5.32 Å². The first kappa shape index (κ1) is 67.6. The first-order chi connectivity index (χ1) is 40.4. The molecule has 7 amide bonds. The van der Waals surface area contributed by atoms with Gasteiger partial charge in [0.25, 0.3) is 23.6 Å². The Morgan fingerprint density at radius 2 is 1.05 bits per heavy atom. The van der Waals surface area contributed by atoms with Crippen molar-refractivity contribution < 1.29 is 70.4 Å². The van der Waals surface area contributed by atoms with Crippen molar-refractivity contribution in [3.05, 3.63) is 141 Å². The fourth-order valence-corrected chi connectivity index (χ4v) is 10.9. The Kier molecular flexibility index (Phi) is 23.0. The normalized spacial score (nSPS) is 18.1. The minimum Gasteiger partial charge on any atom is -0.444 e. The average molecular weight is 1200 g/mol. The Morgan fingerprint density at radius 3 is 1.48 bits per heavy atom. The molecule has 0 aromatic heterocycles. The molecule has 86 heavy (non-hydrogen) atoms. The molecular formula is C65H84F4N6O11.